The number of carbonyl (C=O) groups is 2. The normalized spacial score (nSPS) is 10.7. The van der Waals surface area contributed by atoms with Gasteiger partial charge in [-0.1, -0.05) is 24.3 Å². The van der Waals surface area contributed by atoms with Crippen molar-refractivity contribution in [3.63, 3.8) is 0 Å². The fourth-order valence-electron chi connectivity index (χ4n) is 2.76. The van der Waals surface area contributed by atoms with Gasteiger partial charge in [0.2, 0.25) is 5.91 Å². The monoisotopic (exact) mass is 440 g/mol. The minimum Gasteiger partial charge on any atom is -0.463 e. The lowest BCUT2D eigenvalue weighted by molar-refractivity contribution is -0.137. The second kappa shape index (κ2) is 11.3. The highest BCUT2D eigenvalue weighted by Gasteiger charge is 2.16. The van der Waals surface area contributed by atoms with Gasteiger partial charge >= 0.3 is 23.0 Å². The van der Waals surface area contributed by atoms with Crippen molar-refractivity contribution in [3.05, 3.63) is 92.7 Å². The molecule has 1 aromatic carbocycles. The van der Waals surface area contributed by atoms with Gasteiger partial charge in [0, 0.05) is 11.8 Å². The molecule has 0 saturated heterocycles. The molecular weight excluding hydrogens is 416 g/mol. The van der Waals surface area contributed by atoms with E-state index in [0.717, 1.165) is 9.13 Å². The van der Waals surface area contributed by atoms with Gasteiger partial charge < -0.3 is 10.1 Å². The lowest BCUT2D eigenvalue weighted by atomic mass is 10.2. The number of anilines is 1. The summed E-state index contributed by atoms with van der Waals surface area (Å²) in [4.78, 5) is 61.3. The highest BCUT2D eigenvalue weighted by molar-refractivity contribution is 5.91. The highest BCUT2D eigenvalue weighted by atomic mass is 16.5. The molecule has 1 aromatic heterocycles. The van der Waals surface area contributed by atoms with Crippen molar-refractivity contribution in [1.82, 2.24) is 13.7 Å². The van der Waals surface area contributed by atoms with E-state index < -0.39 is 35.5 Å². The van der Waals surface area contributed by atoms with Gasteiger partial charge in [0.25, 0.3) is 0 Å². The topological polar surface area (TPSA) is 121 Å². The second-order valence-electron chi connectivity index (χ2n) is 6.49. The maximum Gasteiger partial charge on any atom is 0.337 e. The maximum absolute atomic E-state index is 12.6. The molecule has 0 aliphatic heterocycles. The number of benzene rings is 1. The first-order valence-electron chi connectivity index (χ1n) is 9.73. The molecule has 2 rings (SSSR count). The van der Waals surface area contributed by atoms with E-state index in [9.17, 15) is 24.0 Å². The van der Waals surface area contributed by atoms with Crippen LogP contribution in [0.15, 0.2) is 70.0 Å². The van der Waals surface area contributed by atoms with E-state index in [1.54, 1.807) is 37.3 Å². The van der Waals surface area contributed by atoms with Gasteiger partial charge in [-0.15, -0.1) is 13.2 Å². The van der Waals surface area contributed by atoms with Crippen LogP contribution in [0.1, 0.15) is 12.5 Å². The number of hydrogen-bond donors (Lipinski definition) is 1. The van der Waals surface area contributed by atoms with Crippen LogP contribution in [0.4, 0.5) is 5.69 Å². The molecule has 0 saturated carbocycles. The smallest absolute Gasteiger partial charge is 0.337 e. The van der Waals surface area contributed by atoms with Gasteiger partial charge in [0.05, 0.1) is 19.7 Å². The Morgan fingerprint density at radius 2 is 1.47 bits per heavy atom. The predicted molar refractivity (Wildman–Crippen MR) is 120 cm³/mol. The van der Waals surface area contributed by atoms with Crippen molar-refractivity contribution in [2.45, 2.75) is 26.6 Å². The molecule has 0 unspecified atom stereocenters. The molecule has 1 N–H and O–H groups in total. The third kappa shape index (κ3) is 5.91. The van der Waals surface area contributed by atoms with Crippen LogP contribution >= 0.6 is 0 Å². The quantitative estimate of drug-likeness (QED) is 0.331. The Bertz CT molecular complexity index is 1170. The van der Waals surface area contributed by atoms with E-state index in [-0.39, 0.29) is 19.7 Å². The number of carbonyl (C=O) groups excluding carboxylic acids is 2. The van der Waals surface area contributed by atoms with Crippen LogP contribution in [0, 0.1) is 0 Å². The molecule has 0 fully saturated rings. The molecule has 0 spiro atoms. The molecule has 1 heterocycles. The number of allylic oxidation sites excluding steroid dienone is 2. The molecule has 10 heteroatoms. The number of nitrogens with zero attached hydrogens (tertiary/aromatic N) is 3. The van der Waals surface area contributed by atoms with E-state index in [2.05, 4.69) is 18.5 Å². The molecule has 1 amide bonds. The van der Waals surface area contributed by atoms with E-state index in [1.807, 2.05) is 0 Å². The zero-order chi connectivity index (χ0) is 23.7. The van der Waals surface area contributed by atoms with Crippen molar-refractivity contribution >= 4 is 23.6 Å². The first kappa shape index (κ1) is 24.1. The van der Waals surface area contributed by atoms with E-state index in [1.165, 1.54) is 18.2 Å². The van der Waals surface area contributed by atoms with E-state index in [0.29, 0.717) is 15.8 Å². The summed E-state index contributed by atoms with van der Waals surface area (Å²) < 4.78 is 7.11. The third-order valence-electron chi connectivity index (χ3n) is 4.20. The molecule has 0 aliphatic rings. The van der Waals surface area contributed by atoms with E-state index >= 15 is 0 Å². The van der Waals surface area contributed by atoms with Gasteiger partial charge in [-0.3, -0.25) is 4.79 Å². The van der Waals surface area contributed by atoms with Crippen LogP contribution < -0.4 is 22.4 Å². The summed E-state index contributed by atoms with van der Waals surface area (Å²) in [6, 6.07) is 6.53. The Morgan fingerprint density at radius 3 is 1.97 bits per heavy atom. The zero-order valence-corrected chi connectivity index (χ0v) is 17.7. The lowest BCUT2D eigenvalue weighted by Gasteiger charge is -2.12. The van der Waals surface area contributed by atoms with Crippen molar-refractivity contribution in [1.29, 1.82) is 0 Å². The third-order valence-corrected chi connectivity index (χ3v) is 4.20. The van der Waals surface area contributed by atoms with Gasteiger partial charge in [-0.2, -0.15) is 0 Å². The summed E-state index contributed by atoms with van der Waals surface area (Å²) in [7, 11) is 0. The largest absolute Gasteiger partial charge is 0.463 e. The standard InChI is InChI=1S/C22H24N4O6/c1-4-13-24-20(29)25(14-5-2)22(31)26(21(24)30)15-18(27)23-17-10-7-16(8-11-17)9-12-19(28)32-6-3/h4-5,7-12H,1-2,6,13-15H2,3H3,(H,23,27)/b12-9+. The van der Waals surface area contributed by atoms with Gasteiger partial charge in [-0.25, -0.2) is 32.9 Å². The Labute approximate surface area is 183 Å². The number of ether oxygens (including phenoxy) is 1. The summed E-state index contributed by atoms with van der Waals surface area (Å²) >= 11 is 0. The van der Waals surface area contributed by atoms with E-state index in [4.69, 9.17) is 4.74 Å². The Kier molecular flexibility index (Phi) is 8.46. The lowest BCUT2D eigenvalue weighted by Crippen LogP contribution is -2.55. The van der Waals surface area contributed by atoms with Crippen LogP contribution in [0.3, 0.4) is 0 Å². The van der Waals surface area contributed by atoms with Gasteiger partial charge in [0.15, 0.2) is 0 Å². The van der Waals surface area contributed by atoms with Crippen LogP contribution in [-0.4, -0.2) is 32.2 Å². The van der Waals surface area contributed by atoms with Crippen molar-refractivity contribution in [3.8, 4) is 0 Å². The average molecular weight is 440 g/mol. The number of amides is 1. The zero-order valence-electron chi connectivity index (χ0n) is 17.7. The minimum absolute atomic E-state index is 0.114. The first-order valence-corrected chi connectivity index (χ1v) is 9.73. The number of hydrogen-bond acceptors (Lipinski definition) is 6. The number of nitrogens with one attached hydrogen (secondary N) is 1. The molecule has 0 radical (unpaired) electrons. The number of rotatable bonds is 10. The van der Waals surface area contributed by atoms with Crippen molar-refractivity contribution in [2.75, 3.05) is 11.9 Å². The van der Waals surface area contributed by atoms with Crippen LogP contribution in [0.25, 0.3) is 6.08 Å². The predicted octanol–water partition coefficient (Wildman–Crippen LogP) is 0.759. The summed E-state index contributed by atoms with van der Waals surface area (Å²) in [5.74, 6) is -1.09. The molecular formula is C22H24N4O6. The number of esters is 1. The SMILES string of the molecule is C=CCn1c(=O)n(CC=C)c(=O)n(CC(=O)Nc2ccc(/C=C/C(=O)OCC)cc2)c1=O. The number of aromatic nitrogens is 3. The molecule has 2 aromatic rings. The Balaban J connectivity index is 2.22. The van der Waals surface area contributed by atoms with Crippen LogP contribution in [0.5, 0.6) is 0 Å². The molecule has 0 atom stereocenters. The van der Waals surface area contributed by atoms with Crippen molar-refractivity contribution in [2.24, 2.45) is 0 Å². The summed E-state index contributed by atoms with van der Waals surface area (Å²) in [6.45, 7) is 8.17. The second-order valence-corrected chi connectivity index (χ2v) is 6.49. The molecule has 0 bridgehead atoms. The van der Waals surface area contributed by atoms with Gasteiger partial charge in [0.1, 0.15) is 6.54 Å². The van der Waals surface area contributed by atoms with Crippen LogP contribution in [-0.2, 0) is 34.0 Å². The first-order chi connectivity index (χ1) is 15.3. The average Bonchev–Trinajstić information content (AvgIpc) is 2.77. The molecule has 32 heavy (non-hydrogen) atoms. The molecule has 168 valence electrons. The van der Waals surface area contributed by atoms with Crippen molar-refractivity contribution < 1.29 is 14.3 Å². The van der Waals surface area contributed by atoms with Gasteiger partial charge in [-0.05, 0) is 30.7 Å². The fourth-order valence-corrected chi connectivity index (χ4v) is 2.76. The molecule has 0 aliphatic carbocycles. The fraction of sp³-hybridized carbons (Fsp3) is 0.227. The summed E-state index contributed by atoms with van der Waals surface area (Å²) in [6.07, 6.45) is 5.53. The minimum atomic E-state index is -0.908. The summed E-state index contributed by atoms with van der Waals surface area (Å²) in [5, 5.41) is 2.58. The Hall–Kier alpha value is -4.21. The van der Waals surface area contributed by atoms with Crippen LogP contribution in [0.2, 0.25) is 0 Å². The maximum atomic E-state index is 12.6. The molecule has 10 nitrogen and oxygen atoms in total. The Morgan fingerprint density at radius 1 is 0.938 bits per heavy atom. The summed E-state index contributed by atoms with van der Waals surface area (Å²) in [5.41, 5.74) is -1.49. The highest BCUT2D eigenvalue weighted by Crippen LogP contribution is 2.11.